The Hall–Kier alpha value is -3.35. The molecule has 0 fully saturated rings. The number of nitrogen functional groups attached to an aromatic ring is 1. The van der Waals surface area contributed by atoms with Crippen molar-refractivity contribution in [2.45, 2.75) is 13.8 Å². The standard InChI is InChI=1S/C18H20N6O/c1-3-25-14-7-5-13(6-8-14)23-17-16(19)18(22-11-21-17)24-15-9-4-12(2)10-20-15/h4-11H,3,19H2,1-2H3,(H2,20,21,22,23,24). The number of nitrogens with two attached hydrogens (primary N) is 1. The summed E-state index contributed by atoms with van der Waals surface area (Å²) in [7, 11) is 0. The number of ether oxygens (including phenoxy) is 1. The first-order chi connectivity index (χ1) is 12.2. The van der Waals surface area contributed by atoms with E-state index >= 15 is 0 Å². The molecule has 3 aromatic rings. The van der Waals surface area contributed by atoms with Crippen molar-refractivity contribution < 1.29 is 4.74 Å². The van der Waals surface area contributed by atoms with Gasteiger partial charge in [0.2, 0.25) is 0 Å². The summed E-state index contributed by atoms with van der Waals surface area (Å²) in [5, 5.41) is 6.29. The number of rotatable bonds is 6. The molecule has 3 rings (SSSR count). The monoisotopic (exact) mass is 336 g/mol. The van der Waals surface area contributed by atoms with Gasteiger partial charge in [-0.25, -0.2) is 15.0 Å². The van der Waals surface area contributed by atoms with Gasteiger partial charge >= 0.3 is 0 Å². The van der Waals surface area contributed by atoms with Gasteiger partial charge in [-0.15, -0.1) is 0 Å². The number of nitrogens with one attached hydrogen (secondary N) is 2. The number of pyridine rings is 1. The predicted octanol–water partition coefficient (Wildman–Crippen LogP) is 3.65. The lowest BCUT2D eigenvalue weighted by Gasteiger charge is -2.12. The summed E-state index contributed by atoms with van der Waals surface area (Å²) >= 11 is 0. The molecule has 0 aliphatic rings. The van der Waals surface area contributed by atoms with Gasteiger partial charge in [-0.05, 0) is 49.7 Å². The molecular formula is C18H20N6O. The van der Waals surface area contributed by atoms with Gasteiger partial charge in [-0.2, -0.15) is 0 Å². The van der Waals surface area contributed by atoms with Crippen LogP contribution < -0.4 is 21.1 Å². The molecule has 0 bridgehead atoms. The van der Waals surface area contributed by atoms with E-state index in [1.165, 1.54) is 6.33 Å². The second-order valence-corrected chi connectivity index (χ2v) is 5.41. The molecule has 0 aliphatic carbocycles. The Morgan fingerprint density at radius 1 is 0.960 bits per heavy atom. The summed E-state index contributed by atoms with van der Waals surface area (Å²) in [6, 6.07) is 11.4. The third-order valence-corrected chi connectivity index (χ3v) is 3.47. The highest BCUT2D eigenvalue weighted by molar-refractivity contribution is 5.79. The fourth-order valence-corrected chi connectivity index (χ4v) is 2.20. The summed E-state index contributed by atoms with van der Waals surface area (Å²) in [4.78, 5) is 12.7. The van der Waals surface area contributed by atoms with Crippen LogP contribution in [-0.4, -0.2) is 21.6 Å². The molecular weight excluding hydrogens is 316 g/mol. The van der Waals surface area contributed by atoms with E-state index in [-0.39, 0.29) is 0 Å². The number of benzene rings is 1. The summed E-state index contributed by atoms with van der Waals surface area (Å²) in [6.45, 7) is 4.56. The van der Waals surface area contributed by atoms with Crippen molar-refractivity contribution in [1.29, 1.82) is 0 Å². The third-order valence-electron chi connectivity index (χ3n) is 3.47. The number of aryl methyl sites for hydroxylation is 1. The average Bonchev–Trinajstić information content (AvgIpc) is 2.62. The molecule has 7 heteroatoms. The first-order valence-electron chi connectivity index (χ1n) is 7.95. The highest BCUT2D eigenvalue weighted by Crippen LogP contribution is 2.28. The number of nitrogens with zero attached hydrogens (tertiary/aromatic N) is 3. The minimum absolute atomic E-state index is 0.416. The van der Waals surface area contributed by atoms with Gasteiger partial charge in [-0.1, -0.05) is 6.07 Å². The van der Waals surface area contributed by atoms with Crippen molar-refractivity contribution in [2.75, 3.05) is 23.0 Å². The summed E-state index contributed by atoms with van der Waals surface area (Å²) < 4.78 is 5.43. The van der Waals surface area contributed by atoms with Crippen LogP contribution in [0.1, 0.15) is 12.5 Å². The van der Waals surface area contributed by atoms with Gasteiger partial charge in [0.05, 0.1) is 6.61 Å². The largest absolute Gasteiger partial charge is 0.494 e. The van der Waals surface area contributed by atoms with Gasteiger partial charge in [-0.3, -0.25) is 0 Å². The van der Waals surface area contributed by atoms with Crippen LogP contribution in [0.2, 0.25) is 0 Å². The molecule has 7 nitrogen and oxygen atoms in total. The van der Waals surface area contributed by atoms with Crippen molar-refractivity contribution in [1.82, 2.24) is 15.0 Å². The molecule has 2 aromatic heterocycles. The van der Waals surface area contributed by atoms with E-state index in [4.69, 9.17) is 10.5 Å². The molecule has 0 saturated carbocycles. The number of hydrogen-bond donors (Lipinski definition) is 3. The highest BCUT2D eigenvalue weighted by atomic mass is 16.5. The molecule has 0 amide bonds. The Morgan fingerprint density at radius 3 is 2.32 bits per heavy atom. The van der Waals surface area contributed by atoms with E-state index < -0.39 is 0 Å². The normalized spacial score (nSPS) is 10.3. The smallest absolute Gasteiger partial charge is 0.160 e. The topological polar surface area (TPSA) is 98.0 Å². The zero-order valence-electron chi connectivity index (χ0n) is 14.2. The zero-order chi connectivity index (χ0) is 17.6. The maximum Gasteiger partial charge on any atom is 0.160 e. The van der Waals surface area contributed by atoms with Crippen LogP contribution in [0, 0.1) is 6.92 Å². The summed E-state index contributed by atoms with van der Waals surface area (Å²) in [5.41, 5.74) is 8.54. The van der Waals surface area contributed by atoms with Gasteiger partial charge in [0.15, 0.2) is 11.6 Å². The molecule has 0 radical (unpaired) electrons. The van der Waals surface area contributed by atoms with Crippen molar-refractivity contribution in [3.63, 3.8) is 0 Å². The Labute approximate surface area is 146 Å². The zero-order valence-corrected chi connectivity index (χ0v) is 14.2. The lowest BCUT2D eigenvalue weighted by Crippen LogP contribution is -2.05. The van der Waals surface area contributed by atoms with Crippen molar-refractivity contribution >= 4 is 28.8 Å². The van der Waals surface area contributed by atoms with E-state index in [9.17, 15) is 0 Å². The van der Waals surface area contributed by atoms with Gasteiger partial charge in [0, 0.05) is 11.9 Å². The Bertz CT molecular complexity index is 833. The van der Waals surface area contributed by atoms with E-state index in [0.29, 0.717) is 29.7 Å². The van der Waals surface area contributed by atoms with Crippen LogP contribution in [0.5, 0.6) is 5.75 Å². The molecule has 25 heavy (non-hydrogen) atoms. The van der Waals surface area contributed by atoms with Crippen LogP contribution in [-0.2, 0) is 0 Å². The predicted molar refractivity (Wildman–Crippen MR) is 99.6 cm³/mol. The second-order valence-electron chi connectivity index (χ2n) is 5.41. The van der Waals surface area contributed by atoms with E-state index in [2.05, 4.69) is 25.6 Å². The van der Waals surface area contributed by atoms with Crippen molar-refractivity contribution in [3.05, 3.63) is 54.5 Å². The SMILES string of the molecule is CCOc1ccc(Nc2ncnc(Nc3ccc(C)cn3)c2N)cc1. The molecule has 0 aliphatic heterocycles. The maximum atomic E-state index is 6.18. The quantitative estimate of drug-likeness (QED) is 0.632. The summed E-state index contributed by atoms with van der Waals surface area (Å²) in [6.07, 6.45) is 3.22. The van der Waals surface area contributed by atoms with Crippen LogP contribution in [0.25, 0.3) is 0 Å². The molecule has 0 spiro atoms. The Balaban J connectivity index is 1.77. The second kappa shape index (κ2) is 7.48. The third kappa shape index (κ3) is 4.14. The number of anilines is 5. The molecule has 128 valence electrons. The molecule has 1 aromatic carbocycles. The fourth-order valence-electron chi connectivity index (χ4n) is 2.20. The molecule has 0 saturated heterocycles. The van der Waals surface area contributed by atoms with E-state index in [1.54, 1.807) is 6.20 Å². The van der Waals surface area contributed by atoms with Crippen LogP contribution in [0.15, 0.2) is 48.9 Å². The molecule has 0 atom stereocenters. The molecule has 2 heterocycles. The lowest BCUT2D eigenvalue weighted by atomic mass is 10.3. The lowest BCUT2D eigenvalue weighted by molar-refractivity contribution is 0.340. The Kier molecular flexibility index (Phi) is 4.94. The van der Waals surface area contributed by atoms with Crippen molar-refractivity contribution in [3.8, 4) is 5.75 Å². The molecule has 0 unspecified atom stereocenters. The number of aromatic nitrogens is 3. The molecule has 4 N–H and O–H groups in total. The number of hydrogen-bond acceptors (Lipinski definition) is 7. The maximum absolute atomic E-state index is 6.18. The van der Waals surface area contributed by atoms with Crippen LogP contribution >= 0.6 is 0 Å². The first-order valence-corrected chi connectivity index (χ1v) is 7.95. The van der Waals surface area contributed by atoms with E-state index in [1.807, 2.05) is 50.2 Å². The van der Waals surface area contributed by atoms with Gasteiger partial charge in [0.25, 0.3) is 0 Å². The van der Waals surface area contributed by atoms with Gasteiger partial charge in [0.1, 0.15) is 23.6 Å². The minimum Gasteiger partial charge on any atom is -0.494 e. The summed E-state index contributed by atoms with van der Waals surface area (Å²) in [5.74, 6) is 2.51. The van der Waals surface area contributed by atoms with Crippen LogP contribution in [0.4, 0.5) is 28.8 Å². The van der Waals surface area contributed by atoms with Crippen molar-refractivity contribution in [2.24, 2.45) is 0 Å². The Morgan fingerprint density at radius 2 is 1.68 bits per heavy atom. The first kappa shape index (κ1) is 16.5. The van der Waals surface area contributed by atoms with Crippen LogP contribution in [0.3, 0.4) is 0 Å². The van der Waals surface area contributed by atoms with E-state index in [0.717, 1.165) is 17.0 Å². The fraction of sp³-hybridized carbons (Fsp3) is 0.167. The average molecular weight is 336 g/mol. The van der Waals surface area contributed by atoms with Gasteiger partial charge < -0.3 is 21.1 Å². The highest BCUT2D eigenvalue weighted by Gasteiger charge is 2.09. The minimum atomic E-state index is 0.416.